The van der Waals surface area contributed by atoms with E-state index in [0.717, 1.165) is 38.6 Å². The van der Waals surface area contributed by atoms with E-state index in [9.17, 15) is 0 Å². The van der Waals surface area contributed by atoms with E-state index in [0.29, 0.717) is 10.8 Å². The summed E-state index contributed by atoms with van der Waals surface area (Å²) in [7, 11) is 0. The first-order valence-electron chi connectivity index (χ1n) is 6.92. The third-order valence-electron chi connectivity index (χ3n) is 3.88. The van der Waals surface area contributed by atoms with E-state index < -0.39 is 0 Å². The van der Waals surface area contributed by atoms with Crippen LogP contribution >= 0.6 is 11.6 Å². The molecular formula is C17H13ClN4. The summed E-state index contributed by atoms with van der Waals surface area (Å²) in [6, 6.07) is 9.70. The van der Waals surface area contributed by atoms with Gasteiger partial charge in [-0.2, -0.15) is 0 Å². The Morgan fingerprint density at radius 1 is 1.00 bits per heavy atom. The number of nitrogens with zero attached hydrogens (tertiary/aromatic N) is 2. The van der Waals surface area contributed by atoms with Gasteiger partial charge in [0, 0.05) is 33.8 Å². The van der Waals surface area contributed by atoms with Crippen LogP contribution in [0.2, 0.25) is 5.02 Å². The largest absolute Gasteiger partial charge is 0.384 e. The number of aromatic amines is 1. The van der Waals surface area contributed by atoms with Crippen molar-refractivity contribution in [3.63, 3.8) is 0 Å². The van der Waals surface area contributed by atoms with Crippen LogP contribution in [-0.4, -0.2) is 15.0 Å². The van der Waals surface area contributed by atoms with Gasteiger partial charge in [0.25, 0.3) is 0 Å². The average Bonchev–Trinajstić information content (AvgIpc) is 2.87. The number of benzene rings is 1. The Hall–Kier alpha value is -2.59. The lowest BCUT2D eigenvalue weighted by atomic mass is 10.0. The fraction of sp³-hybridized carbons (Fsp3) is 0.0588. The molecule has 0 aliphatic carbocycles. The Kier molecular flexibility index (Phi) is 2.81. The summed E-state index contributed by atoms with van der Waals surface area (Å²) >= 11 is 6.33. The van der Waals surface area contributed by atoms with Gasteiger partial charge in [0.15, 0.2) is 0 Å². The van der Waals surface area contributed by atoms with Crippen LogP contribution in [-0.2, 0) is 0 Å². The fourth-order valence-electron chi connectivity index (χ4n) is 2.87. The van der Waals surface area contributed by atoms with Crippen LogP contribution in [0.4, 0.5) is 5.82 Å². The van der Waals surface area contributed by atoms with E-state index in [1.165, 1.54) is 0 Å². The molecule has 4 rings (SSSR count). The number of rotatable bonds is 1. The Labute approximate surface area is 132 Å². The smallest absolute Gasteiger partial charge is 0.123 e. The normalized spacial score (nSPS) is 11.4. The van der Waals surface area contributed by atoms with E-state index in [1.54, 1.807) is 6.20 Å². The highest BCUT2D eigenvalue weighted by molar-refractivity contribution is 6.32. The van der Waals surface area contributed by atoms with Crippen LogP contribution in [0.25, 0.3) is 32.9 Å². The minimum Gasteiger partial charge on any atom is -0.384 e. The first kappa shape index (κ1) is 13.1. The molecule has 1 aromatic carbocycles. The number of nitrogens with two attached hydrogens (primary N) is 1. The SMILES string of the molecule is Cc1nccc2c1[nH]c1c(-c3ccnc(N)c3)cc(Cl)cc12. The molecule has 0 spiro atoms. The number of nitrogen functional groups attached to an aromatic ring is 1. The average molecular weight is 309 g/mol. The van der Waals surface area contributed by atoms with E-state index in [1.807, 2.05) is 43.5 Å². The van der Waals surface area contributed by atoms with Crippen molar-refractivity contribution in [3.05, 3.63) is 53.4 Å². The van der Waals surface area contributed by atoms with Crippen molar-refractivity contribution in [2.24, 2.45) is 0 Å². The molecule has 0 atom stereocenters. The molecule has 4 nitrogen and oxygen atoms in total. The second-order valence-electron chi connectivity index (χ2n) is 5.29. The molecule has 0 aliphatic rings. The third-order valence-corrected chi connectivity index (χ3v) is 4.09. The zero-order valence-corrected chi connectivity index (χ0v) is 12.6. The highest BCUT2D eigenvalue weighted by atomic mass is 35.5. The van der Waals surface area contributed by atoms with Crippen molar-refractivity contribution >= 4 is 39.2 Å². The zero-order valence-electron chi connectivity index (χ0n) is 11.9. The maximum Gasteiger partial charge on any atom is 0.123 e. The Balaban J connectivity index is 2.15. The number of H-pyrrole nitrogens is 1. The van der Waals surface area contributed by atoms with Gasteiger partial charge in [-0.25, -0.2) is 4.98 Å². The van der Waals surface area contributed by atoms with E-state index in [2.05, 4.69) is 15.0 Å². The van der Waals surface area contributed by atoms with E-state index in [4.69, 9.17) is 17.3 Å². The maximum absolute atomic E-state index is 6.33. The minimum atomic E-state index is 0.486. The van der Waals surface area contributed by atoms with Gasteiger partial charge in [0.1, 0.15) is 5.82 Å². The summed E-state index contributed by atoms with van der Waals surface area (Å²) in [6.07, 6.45) is 3.52. The quantitative estimate of drug-likeness (QED) is 0.550. The van der Waals surface area contributed by atoms with Crippen LogP contribution in [0.3, 0.4) is 0 Å². The monoisotopic (exact) mass is 308 g/mol. The number of aryl methyl sites for hydroxylation is 1. The standard InChI is InChI=1S/C17H13ClN4/c1-9-16-12(3-5-20-9)14-8-11(18)7-13(17(14)22-16)10-2-4-21-15(19)6-10/h2-8,22H,1H3,(H2,19,21). The lowest BCUT2D eigenvalue weighted by Gasteiger charge is -2.05. The molecule has 5 heteroatoms. The molecule has 0 aliphatic heterocycles. The molecule has 0 amide bonds. The number of halogens is 1. The summed E-state index contributed by atoms with van der Waals surface area (Å²) in [4.78, 5) is 11.9. The summed E-state index contributed by atoms with van der Waals surface area (Å²) < 4.78 is 0. The zero-order chi connectivity index (χ0) is 15.3. The van der Waals surface area contributed by atoms with Crippen LogP contribution < -0.4 is 5.73 Å². The number of nitrogens with one attached hydrogen (secondary N) is 1. The lowest BCUT2D eigenvalue weighted by molar-refractivity contribution is 1.22. The summed E-state index contributed by atoms with van der Waals surface area (Å²) in [5, 5.41) is 2.89. The van der Waals surface area contributed by atoms with Crippen molar-refractivity contribution in [2.75, 3.05) is 5.73 Å². The van der Waals surface area contributed by atoms with Crippen LogP contribution in [0.5, 0.6) is 0 Å². The molecule has 3 heterocycles. The van der Waals surface area contributed by atoms with E-state index in [-0.39, 0.29) is 0 Å². The first-order chi connectivity index (χ1) is 10.6. The summed E-state index contributed by atoms with van der Waals surface area (Å²) in [6.45, 7) is 1.99. The molecule has 0 saturated heterocycles. The highest BCUT2D eigenvalue weighted by Gasteiger charge is 2.13. The molecule has 3 N–H and O–H groups in total. The van der Waals surface area contributed by atoms with Gasteiger partial charge < -0.3 is 10.7 Å². The van der Waals surface area contributed by atoms with Gasteiger partial charge in [0.05, 0.1) is 16.7 Å². The van der Waals surface area contributed by atoms with Crippen LogP contribution in [0.1, 0.15) is 5.69 Å². The molecule has 4 aromatic rings. The summed E-state index contributed by atoms with van der Waals surface area (Å²) in [5.74, 6) is 0.486. The topological polar surface area (TPSA) is 67.6 Å². The van der Waals surface area contributed by atoms with E-state index >= 15 is 0 Å². The molecule has 0 unspecified atom stereocenters. The lowest BCUT2D eigenvalue weighted by Crippen LogP contribution is -1.90. The highest BCUT2D eigenvalue weighted by Crippen LogP contribution is 2.36. The molecule has 0 saturated carbocycles. The fourth-order valence-corrected chi connectivity index (χ4v) is 3.09. The van der Waals surface area contributed by atoms with Gasteiger partial charge in [-0.05, 0) is 42.8 Å². The van der Waals surface area contributed by atoms with Crippen molar-refractivity contribution in [1.29, 1.82) is 0 Å². The second-order valence-corrected chi connectivity index (χ2v) is 5.73. The molecule has 0 bridgehead atoms. The van der Waals surface area contributed by atoms with Gasteiger partial charge in [-0.3, -0.25) is 4.98 Å². The minimum absolute atomic E-state index is 0.486. The summed E-state index contributed by atoms with van der Waals surface area (Å²) in [5.41, 5.74) is 10.8. The van der Waals surface area contributed by atoms with Gasteiger partial charge in [-0.1, -0.05) is 11.6 Å². The van der Waals surface area contributed by atoms with Crippen molar-refractivity contribution in [2.45, 2.75) is 6.92 Å². The Morgan fingerprint density at radius 3 is 2.64 bits per heavy atom. The number of hydrogen-bond acceptors (Lipinski definition) is 3. The Bertz CT molecular complexity index is 1020. The second kappa shape index (κ2) is 4.71. The number of anilines is 1. The number of hydrogen-bond donors (Lipinski definition) is 2. The van der Waals surface area contributed by atoms with Crippen molar-refractivity contribution in [3.8, 4) is 11.1 Å². The predicted octanol–water partition coefficient (Wildman–Crippen LogP) is 4.32. The Morgan fingerprint density at radius 2 is 1.82 bits per heavy atom. The van der Waals surface area contributed by atoms with Gasteiger partial charge >= 0.3 is 0 Å². The molecule has 0 radical (unpaired) electrons. The molecular weight excluding hydrogens is 296 g/mol. The number of pyridine rings is 2. The van der Waals surface area contributed by atoms with Gasteiger partial charge in [0.2, 0.25) is 0 Å². The first-order valence-corrected chi connectivity index (χ1v) is 7.30. The predicted molar refractivity (Wildman–Crippen MR) is 91.0 cm³/mol. The number of aromatic nitrogens is 3. The number of fused-ring (bicyclic) bond motifs is 3. The van der Waals surface area contributed by atoms with Crippen molar-refractivity contribution < 1.29 is 0 Å². The molecule has 3 aromatic heterocycles. The molecule has 0 fully saturated rings. The van der Waals surface area contributed by atoms with Crippen LogP contribution in [0.15, 0.2) is 42.7 Å². The van der Waals surface area contributed by atoms with Crippen molar-refractivity contribution in [1.82, 2.24) is 15.0 Å². The van der Waals surface area contributed by atoms with Gasteiger partial charge in [-0.15, -0.1) is 0 Å². The third kappa shape index (κ3) is 1.92. The van der Waals surface area contributed by atoms with Crippen LogP contribution in [0, 0.1) is 6.92 Å². The molecule has 108 valence electrons. The maximum atomic E-state index is 6.33. The molecule has 22 heavy (non-hydrogen) atoms.